The van der Waals surface area contributed by atoms with Crippen LogP contribution >= 0.6 is 12.2 Å². The SMILES string of the molecule is COc1cccc(CNC(=O)CC[C@@H]2Nc3c4ccccc4nc(=S)n3C2=O)c1. The number of benzene rings is 2. The third-order valence-corrected chi connectivity index (χ3v) is 5.18. The average molecular weight is 408 g/mol. The standard InChI is InChI=1S/C21H20N4O3S/c1-28-14-6-4-5-13(11-14)12-22-18(26)10-9-17-20(27)25-19(23-17)15-7-2-3-8-16(15)24-21(25)29/h2-8,11,17,23H,9-10,12H2,1H3,(H,22,26)/t17-/m0/s1. The quantitative estimate of drug-likeness (QED) is 0.609. The van der Waals surface area contributed by atoms with Gasteiger partial charge in [-0.1, -0.05) is 24.3 Å². The second-order valence-electron chi connectivity index (χ2n) is 6.80. The number of aromatic nitrogens is 2. The molecule has 0 radical (unpaired) electrons. The Hall–Kier alpha value is -3.26. The molecule has 1 amide bonds. The summed E-state index contributed by atoms with van der Waals surface area (Å²) < 4.78 is 6.84. The first-order valence-electron chi connectivity index (χ1n) is 9.29. The molecule has 0 saturated heterocycles. The first-order chi connectivity index (χ1) is 14.1. The van der Waals surface area contributed by atoms with Crippen molar-refractivity contribution in [1.82, 2.24) is 14.9 Å². The Morgan fingerprint density at radius 1 is 1.28 bits per heavy atom. The Morgan fingerprint density at radius 3 is 2.93 bits per heavy atom. The summed E-state index contributed by atoms with van der Waals surface area (Å²) in [7, 11) is 1.60. The summed E-state index contributed by atoms with van der Waals surface area (Å²) in [5.74, 6) is 1.09. The van der Waals surface area contributed by atoms with E-state index in [9.17, 15) is 9.59 Å². The van der Waals surface area contributed by atoms with E-state index in [0.717, 1.165) is 22.2 Å². The van der Waals surface area contributed by atoms with Gasteiger partial charge >= 0.3 is 0 Å². The Balaban J connectivity index is 1.39. The molecule has 1 aliphatic rings. The molecule has 0 saturated carbocycles. The molecule has 8 heteroatoms. The van der Waals surface area contributed by atoms with Crippen molar-refractivity contribution in [3.8, 4) is 5.75 Å². The number of nitrogens with one attached hydrogen (secondary N) is 2. The number of hydrogen-bond donors (Lipinski definition) is 2. The lowest BCUT2D eigenvalue weighted by Crippen LogP contribution is -2.29. The van der Waals surface area contributed by atoms with E-state index in [2.05, 4.69) is 15.6 Å². The van der Waals surface area contributed by atoms with Gasteiger partial charge in [-0.25, -0.2) is 9.55 Å². The normalized spacial score (nSPS) is 15.1. The molecule has 4 rings (SSSR count). The van der Waals surface area contributed by atoms with Crippen LogP contribution in [0.25, 0.3) is 10.9 Å². The third kappa shape index (κ3) is 3.84. The highest BCUT2D eigenvalue weighted by Crippen LogP contribution is 2.29. The number of carbonyl (C=O) groups is 2. The summed E-state index contributed by atoms with van der Waals surface area (Å²) >= 11 is 5.29. The molecule has 1 aromatic heterocycles. The van der Waals surface area contributed by atoms with Crippen molar-refractivity contribution in [2.45, 2.75) is 25.4 Å². The van der Waals surface area contributed by atoms with Crippen LogP contribution in [0, 0.1) is 4.77 Å². The molecule has 0 unspecified atom stereocenters. The van der Waals surface area contributed by atoms with Gasteiger partial charge in [0.25, 0.3) is 5.91 Å². The van der Waals surface area contributed by atoms with E-state index in [4.69, 9.17) is 17.0 Å². The number of methoxy groups -OCH3 is 1. The molecular weight excluding hydrogens is 388 g/mol. The lowest BCUT2D eigenvalue weighted by atomic mass is 10.1. The Morgan fingerprint density at radius 2 is 2.10 bits per heavy atom. The molecule has 1 aliphatic heterocycles. The first-order valence-corrected chi connectivity index (χ1v) is 9.70. The van der Waals surface area contributed by atoms with Gasteiger partial charge in [0.2, 0.25) is 10.7 Å². The fourth-order valence-corrected chi connectivity index (χ4v) is 3.69. The third-order valence-electron chi connectivity index (χ3n) is 4.90. The van der Waals surface area contributed by atoms with E-state index < -0.39 is 6.04 Å². The highest BCUT2D eigenvalue weighted by atomic mass is 32.1. The van der Waals surface area contributed by atoms with E-state index in [-0.39, 0.29) is 23.0 Å². The van der Waals surface area contributed by atoms with Gasteiger partial charge in [0.15, 0.2) is 0 Å². The second kappa shape index (κ2) is 8.00. The predicted octanol–water partition coefficient (Wildman–Crippen LogP) is 3.31. The molecule has 2 heterocycles. The van der Waals surface area contributed by atoms with Crippen LogP contribution in [-0.4, -0.2) is 34.5 Å². The molecule has 0 fully saturated rings. The van der Waals surface area contributed by atoms with Crippen molar-refractivity contribution in [3.63, 3.8) is 0 Å². The Kier molecular flexibility index (Phi) is 5.26. The smallest absolute Gasteiger partial charge is 0.257 e. The summed E-state index contributed by atoms with van der Waals surface area (Å²) in [6, 6.07) is 14.5. The summed E-state index contributed by atoms with van der Waals surface area (Å²) in [5, 5.41) is 6.93. The minimum atomic E-state index is -0.508. The number of amides is 1. The van der Waals surface area contributed by atoms with E-state index in [1.165, 1.54) is 4.57 Å². The van der Waals surface area contributed by atoms with Gasteiger partial charge in [-0.3, -0.25) is 9.59 Å². The number of para-hydroxylation sites is 1. The van der Waals surface area contributed by atoms with Gasteiger partial charge in [0.1, 0.15) is 17.6 Å². The fourth-order valence-electron chi connectivity index (χ4n) is 3.41. The van der Waals surface area contributed by atoms with Crippen LogP contribution in [0.5, 0.6) is 5.75 Å². The van der Waals surface area contributed by atoms with Crippen LogP contribution < -0.4 is 15.4 Å². The number of nitrogens with zero attached hydrogens (tertiary/aromatic N) is 2. The van der Waals surface area contributed by atoms with Crippen molar-refractivity contribution in [3.05, 3.63) is 58.9 Å². The first kappa shape index (κ1) is 19.1. The molecule has 29 heavy (non-hydrogen) atoms. The van der Waals surface area contributed by atoms with E-state index in [0.29, 0.717) is 18.8 Å². The Labute approximate surface area is 172 Å². The summed E-state index contributed by atoms with van der Waals surface area (Å²) in [6.45, 7) is 0.405. The number of rotatable bonds is 6. The lowest BCUT2D eigenvalue weighted by Gasteiger charge is -2.10. The lowest BCUT2D eigenvalue weighted by molar-refractivity contribution is -0.121. The number of carbonyl (C=O) groups excluding carboxylic acids is 2. The second-order valence-corrected chi connectivity index (χ2v) is 7.16. The van der Waals surface area contributed by atoms with Crippen LogP contribution in [0.2, 0.25) is 0 Å². The minimum absolute atomic E-state index is 0.120. The highest BCUT2D eigenvalue weighted by Gasteiger charge is 2.31. The van der Waals surface area contributed by atoms with E-state index in [1.54, 1.807) is 7.11 Å². The van der Waals surface area contributed by atoms with Crippen molar-refractivity contribution in [2.24, 2.45) is 0 Å². The van der Waals surface area contributed by atoms with Gasteiger partial charge < -0.3 is 15.4 Å². The molecule has 7 nitrogen and oxygen atoms in total. The molecule has 2 N–H and O–H groups in total. The predicted molar refractivity (Wildman–Crippen MR) is 113 cm³/mol. The van der Waals surface area contributed by atoms with E-state index >= 15 is 0 Å². The molecule has 148 valence electrons. The zero-order valence-electron chi connectivity index (χ0n) is 15.8. The van der Waals surface area contributed by atoms with Crippen LogP contribution in [0.1, 0.15) is 23.2 Å². The molecule has 0 bridgehead atoms. The maximum absolute atomic E-state index is 12.8. The van der Waals surface area contributed by atoms with Crippen LogP contribution in [-0.2, 0) is 11.3 Å². The summed E-state index contributed by atoms with van der Waals surface area (Å²) in [6.07, 6.45) is 0.591. The molecule has 3 aromatic rings. The van der Waals surface area contributed by atoms with Gasteiger partial charge in [-0.2, -0.15) is 0 Å². The van der Waals surface area contributed by atoms with Crippen molar-refractivity contribution in [2.75, 3.05) is 12.4 Å². The molecule has 0 spiro atoms. The molecule has 1 atom stereocenters. The average Bonchev–Trinajstić information content (AvgIpc) is 3.08. The summed E-state index contributed by atoms with van der Waals surface area (Å²) in [5.41, 5.74) is 1.68. The number of anilines is 1. The largest absolute Gasteiger partial charge is 0.497 e. The number of hydrogen-bond acceptors (Lipinski definition) is 6. The van der Waals surface area contributed by atoms with Crippen molar-refractivity contribution >= 4 is 40.8 Å². The fraction of sp³-hybridized carbons (Fsp3) is 0.238. The molecule has 0 aliphatic carbocycles. The van der Waals surface area contributed by atoms with Gasteiger partial charge in [0.05, 0.1) is 12.6 Å². The van der Waals surface area contributed by atoms with Gasteiger partial charge in [-0.05, 0) is 48.5 Å². The van der Waals surface area contributed by atoms with E-state index in [1.807, 2.05) is 48.5 Å². The van der Waals surface area contributed by atoms with Gasteiger partial charge in [-0.15, -0.1) is 0 Å². The van der Waals surface area contributed by atoms with Crippen molar-refractivity contribution in [1.29, 1.82) is 0 Å². The highest BCUT2D eigenvalue weighted by molar-refractivity contribution is 7.71. The maximum atomic E-state index is 12.8. The number of fused-ring (bicyclic) bond motifs is 3. The maximum Gasteiger partial charge on any atom is 0.257 e. The molecule has 2 aromatic carbocycles. The summed E-state index contributed by atoms with van der Waals surface area (Å²) in [4.78, 5) is 29.4. The zero-order chi connectivity index (χ0) is 20.4. The van der Waals surface area contributed by atoms with Gasteiger partial charge in [0, 0.05) is 18.4 Å². The van der Waals surface area contributed by atoms with Crippen LogP contribution in [0.4, 0.5) is 5.82 Å². The van der Waals surface area contributed by atoms with Crippen molar-refractivity contribution < 1.29 is 14.3 Å². The topological polar surface area (TPSA) is 85.2 Å². The minimum Gasteiger partial charge on any atom is -0.497 e. The zero-order valence-corrected chi connectivity index (χ0v) is 16.7. The van der Waals surface area contributed by atoms with Crippen LogP contribution in [0.3, 0.4) is 0 Å². The van der Waals surface area contributed by atoms with Crippen LogP contribution in [0.15, 0.2) is 48.5 Å². The molecular formula is C21H20N4O3S. The Bertz CT molecular complexity index is 1160. The number of ether oxygens (including phenoxy) is 1. The monoisotopic (exact) mass is 408 g/mol.